The Labute approximate surface area is 82.0 Å². The summed E-state index contributed by atoms with van der Waals surface area (Å²) in [6.07, 6.45) is 2.14. The van der Waals surface area contributed by atoms with Gasteiger partial charge in [-0.25, -0.2) is 0 Å². The molecule has 0 aromatic heterocycles. The van der Waals surface area contributed by atoms with Crippen LogP contribution in [0.1, 0.15) is 41.5 Å². The van der Waals surface area contributed by atoms with Gasteiger partial charge in [0.1, 0.15) is 0 Å². The lowest BCUT2D eigenvalue weighted by molar-refractivity contribution is 0.361. The van der Waals surface area contributed by atoms with Crippen molar-refractivity contribution in [2.24, 2.45) is 10.8 Å². The Morgan fingerprint density at radius 1 is 1.00 bits per heavy atom. The smallest absolute Gasteiger partial charge is 0.0407 e. The van der Waals surface area contributed by atoms with Gasteiger partial charge >= 0.3 is 0 Å². The summed E-state index contributed by atoms with van der Waals surface area (Å²) in [6.45, 7) is 13.4. The topological polar surface area (TPSA) is 0 Å². The van der Waals surface area contributed by atoms with E-state index in [4.69, 9.17) is 11.6 Å². The van der Waals surface area contributed by atoms with Gasteiger partial charge in [-0.05, 0) is 10.8 Å². The number of alkyl halides is 1. The van der Waals surface area contributed by atoms with E-state index in [1.807, 2.05) is 0 Å². The number of halogens is 1. The van der Waals surface area contributed by atoms with Crippen molar-refractivity contribution in [2.75, 3.05) is 5.88 Å². The zero-order valence-electron chi connectivity index (χ0n) is 9.16. The van der Waals surface area contributed by atoms with Crippen LogP contribution in [0.3, 0.4) is 0 Å². The van der Waals surface area contributed by atoms with Gasteiger partial charge < -0.3 is 0 Å². The van der Waals surface area contributed by atoms with E-state index < -0.39 is 0 Å². The summed E-state index contributed by atoms with van der Waals surface area (Å²) >= 11 is 5.73. The van der Waals surface area contributed by atoms with Crippen molar-refractivity contribution in [2.45, 2.75) is 41.5 Å². The second kappa shape index (κ2) is 3.83. The van der Waals surface area contributed by atoms with Crippen LogP contribution in [-0.4, -0.2) is 5.88 Å². The molecule has 0 rings (SSSR count). The molecular weight excluding hydrogens is 168 g/mol. The molecule has 0 unspecified atom stereocenters. The first-order valence-corrected chi connectivity index (χ1v) is 5.00. The molecule has 0 nitrogen and oxygen atoms in total. The van der Waals surface area contributed by atoms with E-state index >= 15 is 0 Å². The van der Waals surface area contributed by atoms with Gasteiger partial charge in [0.2, 0.25) is 0 Å². The van der Waals surface area contributed by atoms with Crippen molar-refractivity contribution in [1.29, 1.82) is 0 Å². The van der Waals surface area contributed by atoms with Gasteiger partial charge in [-0.15, -0.1) is 11.6 Å². The fourth-order valence-electron chi connectivity index (χ4n) is 1.81. The molecule has 0 aliphatic heterocycles. The van der Waals surface area contributed by atoms with Crippen LogP contribution in [0.4, 0.5) is 0 Å². The standard InChI is InChI=1S/C11H21Cl/c1-10(2,3)9(7-8-12)11(4,5)6/h7H,8H2,1-6H3. The summed E-state index contributed by atoms with van der Waals surface area (Å²) in [5.74, 6) is 0.615. The molecule has 0 fully saturated rings. The minimum atomic E-state index is 0.229. The van der Waals surface area contributed by atoms with Gasteiger partial charge in [-0.2, -0.15) is 0 Å². The molecule has 12 heavy (non-hydrogen) atoms. The summed E-state index contributed by atoms with van der Waals surface area (Å²) in [4.78, 5) is 0. The lowest BCUT2D eigenvalue weighted by atomic mass is 9.72. The first-order valence-electron chi connectivity index (χ1n) is 4.46. The summed E-state index contributed by atoms with van der Waals surface area (Å²) in [5, 5.41) is 0. The predicted molar refractivity (Wildman–Crippen MR) is 57.7 cm³/mol. The van der Waals surface area contributed by atoms with Crippen LogP contribution in [0.25, 0.3) is 0 Å². The lowest BCUT2D eigenvalue weighted by Gasteiger charge is -2.34. The predicted octanol–water partition coefficient (Wildman–Crippen LogP) is 4.24. The maximum absolute atomic E-state index is 5.73. The van der Waals surface area contributed by atoms with Crippen molar-refractivity contribution in [3.63, 3.8) is 0 Å². The number of rotatable bonds is 1. The Morgan fingerprint density at radius 2 is 1.33 bits per heavy atom. The van der Waals surface area contributed by atoms with Crippen molar-refractivity contribution < 1.29 is 0 Å². The van der Waals surface area contributed by atoms with E-state index in [9.17, 15) is 0 Å². The molecule has 0 heterocycles. The summed E-state index contributed by atoms with van der Waals surface area (Å²) in [5.41, 5.74) is 1.89. The molecule has 1 heteroatoms. The molecule has 0 aliphatic rings. The molecule has 0 N–H and O–H groups in total. The Hall–Kier alpha value is 0.0300. The highest BCUT2D eigenvalue weighted by atomic mass is 35.5. The second-order valence-electron chi connectivity index (χ2n) is 5.27. The van der Waals surface area contributed by atoms with E-state index in [2.05, 4.69) is 47.6 Å². The molecule has 0 aliphatic carbocycles. The van der Waals surface area contributed by atoms with Crippen LogP contribution in [0, 0.1) is 10.8 Å². The molecule has 0 radical (unpaired) electrons. The van der Waals surface area contributed by atoms with Gasteiger partial charge in [0.15, 0.2) is 0 Å². The van der Waals surface area contributed by atoms with Crippen molar-refractivity contribution in [1.82, 2.24) is 0 Å². The highest BCUT2D eigenvalue weighted by Gasteiger charge is 2.27. The minimum absolute atomic E-state index is 0.229. The average Bonchev–Trinajstić information content (AvgIpc) is 1.77. The molecule has 0 atom stereocenters. The van der Waals surface area contributed by atoms with Crippen molar-refractivity contribution in [3.8, 4) is 0 Å². The van der Waals surface area contributed by atoms with Crippen molar-refractivity contribution >= 4 is 11.6 Å². The summed E-state index contributed by atoms with van der Waals surface area (Å²) in [6, 6.07) is 0. The Bertz CT molecular complexity index is 148. The molecule has 0 bridgehead atoms. The Kier molecular flexibility index (Phi) is 3.84. The lowest BCUT2D eigenvalue weighted by Crippen LogP contribution is -2.22. The van der Waals surface area contributed by atoms with Gasteiger partial charge in [0.05, 0.1) is 0 Å². The highest BCUT2D eigenvalue weighted by molar-refractivity contribution is 6.18. The quantitative estimate of drug-likeness (QED) is 0.427. The van der Waals surface area contributed by atoms with E-state index in [-0.39, 0.29) is 10.8 Å². The molecule has 72 valence electrons. The van der Waals surface area contributed by atoms with Gasteiger partial charge in [0, 0.05) is 5.88 Å². The SMILES string of the molecule is CC(C)(C)C(=CCCl)C(C)(C)C. The number of hydrogen-bond acceptors (Lipinski definition) is 0. The average molecular weight is 189 g/mol. The molecule has 0 spiro atoms. The first kappa shape index (κ1) is 12.0. The van der Waals surface area contributed by atoms with Gasteiger partial charge in [0.25, 0.3) is 0 Å². The fraction of sp³-hybridized carbons (Fsp3) is 0.818. The van der Waals surface area contributed by atoms with Crippen LogP contribution in [0.15, 0.2) is 11.6 Å². The van der Waals surface area contributed by atoms with E-state index in [0.717, 1.165) is 0 Å². The maximum Gasteiger partial charge on any atom is 0.0407 e. The largest absolute Gasteiger partial charge is 0.122 e. The van der Waals surface area contributed by atoms with E-state index in [1.54, 1.807) is 0 Å². The second-order valence-corrected chi connectivity index (χ2v) is 5.58. The van der Waals surface area contributed by atoms with E-state index in [1.165, 1.54) is 5.57 Å². The third-order valence-corrected chi connectivity index (χ3v) is 2.05. The van der Waals surface area contributed by atoms with Gasteiger partial charge in [-0.3, -0.25) is 0 Å². The minimum Gasteiger partial charge on any atom is -0.122 e. The van der Waals surface area contributed by atoms with E-state index in [0.29, 0.717) is 5.88 Å². The molecule has 0 aromatic rings. The zero-order chi connectivity index (χ0) is 9.99. The number of hydrogen-bond donors (Lipinski definition) is 0. The van der Waals surface area contributed by atoms with Crippen LogP contribution in [-0.2, 0) is 0 Å². The molecule has 0 saturated heterocycles. The molecule has 0 amide bonds. The third kappa shape index (κ3) is 3.62. The molecule has 0 saturated carbocycles. The Balaban J connectivity index is 4.83. The molecular formula is C11H21Cl. The van der Waals surface area contributed by atoms with Crippen LogP contribution < -0.4 is 0 Å². The van der Waals surface area contributed by atoms with Crippen LogP contribution >= 0.6 is 11.6 Å². The van der Waals surface area contributed by atoms with Crippen molar-refractivity contribution in [3.05, 3.63) is 11.6 Å². The fourth-order valence-corrected chi connectivity index (χ4v) is 1.97. The zero-order valence-corrected chi connectivity index (χ0v) is 9.92. The number of allylic oxidation sites excluding steroid dienone is 2. The van der Waals surface area contributed by atoms with Crippen LogP contribution in [0.5, 0.6) is 0 Å². The normalized spacial score (nSPS) is 12.9. The summed E-state index contributed by atoms with van der Waals surface area (Å²) in [7, 11) is 0. The maximum atomic E-state index is 5.73. The third-order valence-electron chi connectivity index (χ3n) is 1.90. The van der Waals surface area contributed by atoms with Crippen LogP contribution in [0.2, 0.25) is 0 Å². The summed E-state index contributed by atoms with van der Waals surface area (Å²) < 4.78 is 0. The Morgan fingerprint density at radius 3 is 1.42 bits per heavy atom. The molecule has 0 aromatic carbocycles. The van der Waals surface area contributed by atoms with Gasteiger partial charge in [-0.1, -0.05) is 53.2 Å². The monoisotopic (exact) mass is 188 g/mol. The first-order chi connectivity index (χ1) is 5.19. The highest BCUT2D eigenvalue weighted by Crippen LogP contribution is 2.38.